The summed E-state index contributed by atoms with van der Waals surface area (Å²) in [4.78, 5) is 25.1. The van der Waals surface area contributed by atoms with E-state index >= 15 is 0 Å². The number of ether oxygens (including phenoxy) is 3. The number of amides is 1. The van der Waals surface area contributed by atoms with Gasteiger partial charge in [0, 0.05) is 12.8 Å². The van der Waals surface area contributed by atoms with Crippen LogP contribution in [0.2, 0.25) is 0 Å². The van der Waals surface area contributed by atoms with Crippen molar-refractivity contribution in [3.63, 3.8) is 0 Å². The van der Waals surface area contributed by atoms with Gasteiger partial charge in [-0.3, -0.25) is 9.59 Å². The first-order valence-electron chi connectivity index (χ1n) is 35.3. The Labute approximate surface area is 504 Å². The van der Waals surface area contributed by atoms with Gasteiger partial charge in [-0.05, 0) is 77.0 Å². The lowest BCUT2D eigenvalue weighted by molar-refractivity contribution is -0.302. The first-order valence-corrected chi connectivity index (χ1v) is 35.3. The van der Waals surface area contributed by atoms with Gasteiger partial charge in [-0.2, -0.15) is 0 Å². The molecule has 0 aromatic rings. The molecule has 482 valence electrons. The van der Waals surface area contributed by atoms with Crippen LogP contribution in [0.5, 0.6) is 0 Å². The topological polar surface area (TPSA) is 175 Å². The second-order valence-corrected chi connectivity index (χ2v) is 24.6. The zero-order valence-corrected chi connectivity index (χ0v) is 53.5. The lowest BCUT2D eigenvalue weighted by Crippen LogP contribution is -2.60. The van der Waals surface area contributed by atoms with Gasteiger partial charge < -0.3 is 45.1 Å². The van der Waals surface area contributed by atoms with Gasteiger partial charge in [-0.25, -0.2) is 0 Å². The zero-order chi connectivity index (χ0) is 59.5. The number of aliphatic hydroxyl groups excluding tert-OH is 5. The quantitative estimate of drug-likeness (QED) is 0.0195. The van der Waals surface area contributed by atoms with Gasteiger partial charge in [-0.1, -0.05) is 288 Å². The number of hydrogen-bond donors (Lipinski definition) is 6. The summed E-state index contributed by atoms with van der Waals surface area (Å²) in [6, 6.07) is -0.809. The predicted molar refractivity (Wildman–Crippen MR) is 343 cm³/mol. The summed E-state index contributed by atoms with van der Waals surface area (Å²) in [5.74, 6) is -0.181. The number of rotatable bonds is 62. The molecule has 1 fully saturated rings. The van der Waals surface area contributed by atoms with Crippen molar-refractivity contribution in [3.8, 4) is 0 Å². The standard InChI is InChI=1S/C71H133NO10/c1-3-5-7-9-11-13-15-34-38-41-45-49-53-57-64(74)63(62-81-71-70(79)69(78)68(77)65(61-73)82-71)72-66(75)58-54-50-46-42-39-35-32-30-28-26-24-22-20-18-16-17-19-21-23-25-27-29-31-33-36-40-44-48-52-56-60-80-67(76)59-55-51-47-43-37-14-12-10-8-6-4-2/h10,12,17,19,53,57,63-65,68-71,73-74,77-79H,3-9,11,13-16,18,20-52,54-56,58-62H2,1-2H3,(H,72,75)/b12-10-,19-17-,57-53+. The molecular formula is C71H133NO10. The molecule has 1 aliphatic heterocycles. The van der Waals surface area contributed by atoms with Crippen LogP contribution in [-0.2, 0) is 23.8 Å². The van der Waals surface area contributed by atoms with Crippen LogP contribution < -0.4 is 5.32 Å². The summed E-state index contributed by atoms with van der Waals surface area (Å²) in [7, 11) is 0. The van der Waals surface area contributed by atoms with E-state index in [1.54, 1.807) is 6.08 Å². The Morgan fingerprint density at radius 3 is 1.21 bits per heavy atom. The summed E-state index contributed by atoms with van der Waals surface area (Å²) in [5.41, 5.74) is 0. The third-order valence-electron chi connectivity index (χ3n) is 16.7. The number of aliphatic hydroxyl groups is 5. The molecule has 1 saturated heterocycles. The molecule has 0 aromatic carbocycles. The minimum absolute atomic E-state index is 0.00215. The minimum atomic E-state index is -1.57. The van der Waals surface area contributed by atoms with Crippen molar-refractivity contribution in [2.75, 3.05) is 19.8 Å². The predicted octanol–water partition coefficient (Wildman–Crippen LogP) is 17.8. The maximum atomic E-state index is 13.1. The second-order valence-electron chi connectivity index (χ2n) is 24.6. The number of carbonyl (C=O) groups is 2. The smallest absolute Gasteiger partial charge is 0.305 e. The van der Waals surface area contributed by atoms with Gasteiger partial charge in [0.15, 0.2) is 6.29 Å². The monoisotopic (exact) mass is 1160 g/mol. The molecule has 1 aliphatic rings. The summed E-state index contributed by atoms with van der Waals surface area (Å²) in [6.07, 6.45) is 67.0. The molecule has 1 heterocycles. The molecule has 0 radical (unpaired) electrons. The molecular weight excluding hydrogens is 1030 g/mol. The maximum Gasteiger partial charge on any atom is 0.305 e. The van der Waals surface area contributed by atoms with Crippen molar-refractivity contribution in [3.05, 3.63) is 36.5 Å². The summed E-state index contributed by atoms with van der Waals surface area (Å²) >= 11 is 0. The van der Waals surface area contributed by atoms with E-state index < -0.39 is 49.5 Å². The van der Waals surface area contributed by atoms with Crippen molar-refractivity contribution < 1.29 is 49.3 Å². The molecule has 11 heteroatoms. The van der Waals surface area contributed by atoms with Gasteiger partial charge in [0.2, 0.25) is 5.91 Å². The Balaban J connectivity index is 1.98. The van der Waals surface area contributed by atoms with Crippen LogP contribution in [-0.4, -0.2) is 100 Å². The van der Waals surface area contributed by atoms with E-state index in [0.29, 0.717) is 19.4 Å². The van der Waals surface area contributed by atoms with E-state index in [-0.39, 0.29) is 18.5 Å². The molecule has 0 saturated carbocycles. The molecule has 6 N–H and O–H groups in total. The highest BCUT2D eigenvalue weighted by Gasteiger charge is 2.44. The molecule has 0 aliphatic carbocycles. The van der Waals surface area contributed by atoms with Crippen LogP contribution in [0.15, 0.2) is 36.5 Å². The average Bonchev–Trinajstić information content (AvgIpc) is 3.48. The average molecular weight is 1160 g/mol. The van der Waals surface area contributed by atoms with Gasteiger partial charge in [0.1, 0.15) is 24.4 Å². The van der Waals surface area contributed by atoms with Crippen LogP contribution in [0, 0.1) is 0 Å². The highest BCUT2D eigenvalue weighted by molar-refractivity contribution is 5.76. The third kappa shape index (κ3) is 49.0. The van der Waals surface area contributed by atoms with E-state index in [9.17, 15) is 35.1 Å². The van der Waals surface area contributed by atoms with Gasteiger partial charge in [0.05, 0.1) is 32.0 Å². The van der Waals surface area contributed by atoms with Crippen LogP contribution in [0.25, 0.3) is 0 Å². The Hall–Kier alpha value is -2.12. The van der Waals surface area contributed by atoms with Crippen molar-refractivity contribution >= 4 is 11.9 Å². The lowest BCUT2D eigenvalue weighted by Gasteiger charge is -2.40. The SMILES string of the molecule is CCCC/C=C\CCCCCCCC(=O)OCCCCCCCCCCCCCC/C=C\CCCCCCCCCCCCCCCCC(=O)NC(COC1OC(CO)C(O)C(O)C1O)C(O)/C=C/CCCCCCCCCCCCC. The fraction of sp³-hybridized carbons (Fsp3) is 0.887. The summed E-state index contributed by atoms with van der Waals surface area (Å²) in [5, 5.41) is 54.5. The number of hydrogen-bond acceptors (Lipinski definition) is 10. The molecule has 0 bridgehead atoms. The fourth-order valence-electron chi connectivity index (χ4n) is 11.1. The summed E-state index contributed by atoms with van der Waals surface area (Å²) in [6.45, 7) is 4.33. The molecule has 7 atom stereocenters. The van der Waals surface area contributed by atoms with E-state index in [1.807, 2.05) is 6.08 Å². The van der Waals surface area contributed by atoms with Gasteiger partial charge >= 0.3 is 5.97 Å². The van der Waals surface area contributed by atoms with Crippen LogP contribution >= 0.6 is 0 Å². The number of esters is 1. The lowest BCUT2D eigenvalue weighted by atomic mass is 9.99. The number of unbranched alkanes of at least 4 members (excludes halogenated alkanes) is 44. The van der Waals surface area contributed by atoms with E-state index in [4.69, 9.17) is 14.2 Å². The highest BCUT2D eigenvalue weighted by Crippen LogP contribution is 2.23. The van der Waals surface area contributed by atoms with Crippen molar-refractivity contribution in [1.82, 2.24) is 5.32 Å². The maximum absolute atomic E-state index is 13.1. The second kappa shape index (κ2) is 60.6. The summed E-state index contributed by atoms with van der Waals surface area (Å²) < 4.78 is 16.7. The molecule has 0 aromatic heterocycles. The van der Waals surface area contributed by atoms with Gasteiger partial charge in [-0.15, -0.1) is 0 Å². The third-order valence-corrected chi connectivity index (χ3v) is 16.7. The normalized spacial score (nSPS) is 18.4. The van der Waals surface area contributed by atoms with Crippen molar-refractivity contribution in [2.24, 2.45) is 0 Å². The Morgan fingerprint density at radius 2 is 0.793 bits per heavy atom. The molecule has 11 nitrogen and oxygen atoms in total. The first kappa shape index (κ1) is 77.9. The number of carbonyl (C=O) groups excluding carboxylic acids is 2. The molecule has 7 unspecified atom stereocenters. The van der Waals surface area contributed by atoms with Gasteiger partial charge in [0.25, 0.3) is 0 Å². The van der Waals surface area contributed by atoms with Crippen LogP contribution in [0.4, 0.5) is 0 Å². The fourth-order valence-corrected chi connectivity index (χ4v) is 11.1. The highest BCUT2D eigenvalue weighted by atomic mass is 16.7. The molecule has 82 heavy (non-hydrogen) atoms. The largest absolute Gasteiger partial charge is 0.466 e. The number of allylic oxidation sites excluding steroid dienone is 5. The number of nitrogens with one attached hydrogen (secondary N) is 1. The zero-order valence-electron chi connectivity index (χ0n) is 53.5. The van der Waals surface area contributed by atoms with Crippen LogP contribution in [0.3, 0.4) is 0 Å². The Morgan fingerprint density at radius 1 is 0.439 bits per heavy atom. The molecule has 1 amide bonds. The first-order chi connectivity index (χ1) is 40.2. The minimum Gasteiger partial charge on any atom is -0.466 e. The molecule has 1 rings (SSSR count). The Kier molecular flexibility index (Phi) is 57.5. The van der Waals surface area contributed by atoms with E-state index in [0.717, 1.165) is 57.8 Å². The van der Waals surface area contributed by atoms with Crippen LogP contribution in [0.1, 0.15) is 341 Å². The van der Waals surface area contributed by atoms with E-state index in [2.05, 4.69) is 43.5 Å². The van der Waals surface area contributed by atoms with Crippen molar-refractivity contribution in [1.29, 1.82) is 0 Å². The Bertz CT molecular complexity index is 1460. The van der Waals surface area contributed by atoms with E-state index in [1.165, 1.54) is 257 Å². The van der Waals surface area contributed by atoms with Crippen molar-refractivity contribution in [2.45, 2.75) is 384 Å². The molecule has 0 spiro atoms.